The number of ether oxygens (including phenoxy) is 1. The van der Waals surface area contributed by atoms with Crippen LogP contribution in [-0.4, -0.2) is 41.5 Å². The monoisotopic (exact) mass is 431 g/mol. The van der Waals surface area contributed by atoms with E-state index in [1.165, 1.54) is 13.2 Å². The Kier molecular flexibility index (Phi) is 6.82. The first kappa shape index (κ1) is 21.9. The van der Waals surface area contributed by atoms with Crippen LogP contribution in [0.4, 0.5) is 0 Å². The van der Waals surface area contributed by atoms with Gasteiger partial charge in [-0.3, -0.25) is 14.4 Å². The van der Waals surface area contributed by atoms with E-state index in [-0.39, 0.29) is 17.7 Å². The van der Waals surface area contributed by atoms with Gasteiger partial charge in [0.2, 0.25) is 5.43 Å². The largest absolute Gasteiger partial charge is 0.491 e. The maximum atomic E-state index is 13.3. The van der Waals surface area contributed by atoms with Gasteiger partial charge < -0.3 is 19.5 Å². The first-order valence-corrected chi connectivity index (χ1v) is 10.3. The van der Waals surface area contributed by atoms with Crippen LogP contribution in [0.25, 0.3) is 0 Å². The molecule has 1 aliphatic heterocycles. The van der Waals surface area contributed by atoms with Crippen LogP contribution in [0.2, 0.25) is 5.02 Å². The highest BCUT2D eigenvalue weighted by Crippen LogP contribution is 2.26. The highest BCUT2D eigenvalue weighted by atomic mass is 35.5. The van der Waals surface area contributed by atoms with E-state index in [0.717, 1.165) is 12.0 Å². The van der Waals surface area contributed by atoms with Gasteiger partial charge in [0, 0.05) is 43.1 Å². The van der Waals surface area contributed by atoms with Crippen molar-refractivity contribution in [3.63, 3.8) is 0 Å². The number of aromatic nitrogens is 1. The number of benzene rings is 1. The Morgan fingerprint density at radius 2 is 1.97 bits per heavy atom. The van der Waals surface area contributed by atoms with Crippen molar-refractivity contribution in [2.75, 3.05) is 20.2 Å². The van der Waals surface area contributed by atoms with E-state index in [0.29, 0.717) is 36.4 Å². The molecule has 0 radical (unpaired) electrons. The lowest BCUT2D eigenvalue weighted by molar-refractivity contribution is 0.0731. The summed E-state index contributed by atoms with van der Waals surface area (Å²) in [4.78, 5) is 40.1. The highest BCUT2D eigenvalue weighted by Gasteiger charge is 2.26. The molecule has 1 aromatic carbocycles. The molecule has 7 nitrogen and oxygen atoms in total. The van der Waals surface area contributed by atoms with Gasteiger partial charge in [0.05, 0.1) is 6.54 Å². The second kappa shape index (κ2) is 9.34. The molecule has 30 heavy (non-hydrogen) atoms. The standard InChI is InChI=1S/C22H26ClN3O4/c1-14(2)6-7-25-12-17(21(28)24-3)20(27)18(13-25)22(29)26-8-9-30-19-5-4-16(23)10-15(19)11-26/h4-5,10,12-14H,6-9,11H2,1-3H3,(H,24,28). The van der Waals surface area contributed by atoms with Crippen LogP contribution in [0, 0.1) is 5.92 Å². The number of halogens is 1. The maximum absolute atomic E-state index is 13.3. The molecule has 1 N–H and O–H groups in total. The Labute approximate surface area is 180 Å². The van der Waals surface area contributed by atoms with E-state index in [1.54, 1.807) is 33.9 Å². The Morgan fingerprint density at radius 3 is 2.67 bits per heavy atom. The molecule has 2 aromatic rings. The van der Waals surface area contributed by atoms with Gasteiger partial charge in [-0.2, -0.15) is 0 Å². The van der Waals surface area contributed by atoms with E-state index < -0.39 is 17.2 Å². The molecule has 1 aliphatic rings. The minimum absolute atomic E-state index is 0.0228. The van der Waals surface area contributed by atoms with Gasteiger partial charge in [-0.1, -0.05) is 25.4 Å². The number of amides is 2. The summed E-state index contributed by atoms with van der Waals surface area (Å²) in [7, 11) is 1.46. The second-order valence-electron chi connectivity index (χ2n) is 7.74. The fourth-order valence-corrected chi connectivity index (χ4v) is 3.52. The number of hydrogen-bond acceptors (Lipinski definition) is 4. The van der Waals surface area contributed by atoms with Crippen molar-refractivity contribution in [1.82, 2.24) is 14.8 Å². The number of nitrogens with zero attached hydrogens (tertiary/aromatic N) is 2. The van der Waals surface area contributed by atoms with Crippen LogP contribution < -0.4 is 15.5 Å². The normalized spacial score (nSPS) is 13.4. The van der Waals surface area contributed by atoms with Crippen LogP contribution in [0.1, 0.15) is 46.5 Å². The molecule has 2 amide bonds. The lowest BCUT2D eigenvalue weighted by Crippen LogP contribution is -2.38. The zero-order valence-corrected chi connectivity index (χ0v) is 18.2. The maximum Gasteiger partial charge on any atom is 0.259 e. The SMILES string of the molecule is CNC(=O)c1cn(CCC(C)C)cc(C(=O)N2CCOc3ccc(Cl)cc3C2)c1=O. The van der Waals surface area contributed by atoms with E-state index in [1.807, 2.05) is 0 Å². The van der Waals surface area contributed by atoms with Crippen molar-refractivity contribution >= 4 is 23.4 Å². The van der Waals surface area contributed by atoms with Gasteiger partial charge in [-0.25, -0.2) is 0 Å². The summed E-state index contributed by atoms with van der Waals surface area (Å²) in [5, 5.41) is 3.02. The van der Waals surface area contributed by atoms with Gasteiger partial charge in [0.25, 0.3) is 11.8 Å². The molecule has 160 valence electrons. The van der Waals surface area contributed by atoms with Gasteiger partial charge in [0.1, 0.15) is 23.5 Å². The molecule has 0 bridgehead atoms. The summed E-state index contributed by atoms with van der Waals surface area (Å²) < 4.78 is 7.47. The first-order chi connectivity index (χ1) is 14.3. The third-order valence-corrected chi connectivity index (χ3v) is 5.27. The summed E-state index contributed by atoms with van der Waals surface area (Å²) in [6.07, 6.45) is 3.91. The van der Waals surface area contributed by atoms with E-state index >= 15 is 0 Å². The number of carbonyl (C=O) groups is 2. The Morgan fingerprint density at radius 1 is 1.23 bits per heavy atom. The zero-order valence-electron chi connectivity index (χ0n) is 17.4. The predicted octanol–water partition coefficient (Wildman–Crippen LogP) is 2.94. The summed E-state index contributed by atoms with van der Waals surface area (Å²) in [5.74, 6) is 0.170. The summed E-state index contributed by atoms with van der Waals surface area (Å²) in [6.45, 7) is 5.67. The third kappa shape index (κ3) is 4.84. The molecule has 1 aromatic heterocycles. The molecule has 3 rings (SSSR count). The van der Waals surface area contributed by atoms with Gasteiger partial charge in [-0.05, 0) is 30.5 Å². The molecule has 0 saturated carbocycles. The molecule has 0 saturated heterocycles. The number of pyridine rings is 1. The van der Waals surface area contributed by atoms with Gasteiger partial charge in [-0.15, -0.1) is 0 Å². The molecule has 0 atom stereocenters. The quantitative estimate of drug-likeness (QED) is 0.789. The van der Waals surface area contributed by atoms with E-state index in [4.69, 9.17) is 16.3 Å². The topological polar surface area (TPSA) is 80.6 Å². The zero-order chi connectivity index (χ0) is 21.8. The van der Waals surface area contributed by atoms with Crippen molar-refractivity contribution in [1.29, 1.82) is 0 Å². The Balaban J connectivity index is 1.98. The average molecular weight is 432 g/mol. The lowest BCUT2D eigenvalue weighted by atomic mass is 10.1. The van der Waals surface area contributed by atoms with Crippen LogP contribution >= 0.6 is 11.6 Å². The number of rotatable bonds is 5. The average Bonchev–Trinajstić information content (AvgIpc) is 2.93. The third-order valence-electron chi connectivity index (χ3n) is 5.04. The number of aryl methyl sites for hydroxylation is 1. The molecular formula is C22H26ClN3O4. The molecule has 8 heteroatoms. The van der Waals surface area contributed by atoms with Crippen molar-refractivity contribution in [2.24, 2.45) is 5.92 Å². The van der Waals surface area contributed by atoms with Crippen molar-refractivity contribution in [3.05, 3.63) is 62.5 Å². The molecule has 0 aliphatic carbocycles. The summed E-state index contributed by atoms with van der Waals surface area (Å²) >= 11 is 6.10. The number of nitrogens with one attached hydrogen (secondary N) is 1. The second-order valence-corrected chi connectivity index (χ2v) is 8.18. The summed E-state index contributed by atoms with van der Waals surface area (Å²) in [5.41, 5.74) is 0.138. The number of hydrogen-bond donors (Lipinski definition) is 1. The first-order valence-electron chi connectivity index (χ1n) is 9.96. The smallest absolute Gasteiger partial charge is 0.259 e. The van der Waals surface area contributed by atoms with Crippen LogP contribution in [-0.2, 0) is 13.1 Å². The van der Waals surface area contributed by atoms with Crippen LogP contribution in [0.3, 0.4) is 0 Å². The minimum atomic E-state index is -0.573. The van der Waals surface area contributed by atoms with Gasteiger partial charge in [0.15, 0.2) is 0 Å². The van der Waals surface area contributed by atoms with E-state index in [9.17, 15) is 14.4 Å². The fourth-order valence-electron chi connectivity index (χ4n) is 3.32. The number of fused-ring (bicyclic) bond motifs is 1. The molecule has 0 unspecified atom stereocenters. The molecule has 0 spiro atoms. The molecule has 2 heterocycles. The van der Waals surface area contributed by atoms with Gasteiger partial charge >= 0.3 is 0 Å². The van der Waals surface area contributed by atoms with E-state index in [2.05, 4.69) is 19.2 Å². The fraction of sp³-hybridized carbons (Fsp3) is 0.409. The van der Waals surface area contributed by atoms with Crippen molar-refractivity contribution < 1.29 is 14.3 Å². The minimum Gasteiger partial charge on any atom is -0.491 e. The summed E-state index contributed by atoms with van der Waals surface area (Å²) in [6, 6.07) is 5.26. The highest BCUT2D eigenvalue weighted by molar-refractivity contribution is 6.30. The van der Waals surface area contributed by atoms with Crippen molar-refractivity contribution in [2.45, 2.75) is 33.4 Å². The van der Waals surface area contributed by atoms with Crippen LogP contribution in [0.15, 0.2) is 35.4 Å². The van der Waals surface area contributed by atoms with Crippen LogP contribution in [0.5, 0.6) is 5.75 Å². The molecular weight excluding hydrogens is 406 g/mol. The van der Waals surface area contributed by atoms with Crippen molar-refractivity contribution in [3.8, 4) is 5.75 Å². The number of carbonyl (C=O) groups excluding carboxylic acids is 2. The molecule has 0 fully saturated rings. The Bertz CT molecular complexity index is 1020. The lowest BCUT2D eigenvalue weighted by Gasteiger charge is -2.21. The Hall–Kier alpha value is -2.80. The predicted molar refractivity (Wildman–Crippen MR) is 115 cm³/mol.